The summed E-state index contributed by atoms with van der Waals surface area (Å²) in [5.74, 6) is 1.40. The number of rotatable bonds is 5. The maximum atomic E-state index is 9.11. The fourth-order valence-corrected chi connectivity index (χ4v) is 1.36. The van der Waals surface area contributed by atoms with Gasteiger partial charge in [-0.2, -0.15) is 0 Å². The van der Waals surface area contributed by atoms with Crippen molar-refractivity contribution < 1.29 is 9.84 Å². The van der Waals surface area contributed by atoms with Crippen LogP contribution in [0.25, 0.3) is 0 Å². The van der Waals surface area contributed by atoms with Crippen LogP contribution in [0.5, 0.6) is 5.75 Å². The number of benzene rings is 1. The summed E-state index contributed by atoms with van der Waals surface area (Å²) < 4.78 is 5.45. The van der Waals surface area contributed by atoms with Crippen molar-refractivity contribution in [2.45, 2.75) is 39.2 Å². The minimum atomic E-state index is -0.419. The van der Waals surface area contributed by atoms with Crippen LogP contribution in [-0.2, 0) is 0 Å². The number of hydrogen-bond acceptors (Lipinski definition) is 2. The molecular weight excluding hydrogens is 188 g/mol. The second-order valence-corrected chi connectivity index (χ2v) is 4.04. The van der Waals surface area contributed by atoms with Gasteiger partial charge in [-0.3, -0.25) is 0 Å². The van der Waals surface area contributed by atoms with Gasteiger partial charge in [0.05, 0.1) is 6.10 Å². The lowest BCUT2D eigenvalue weighted by atomic mass is 9.99. The van der Waals surface area contributed by atoms with Gasteiger partial charge in [-0.25, -0.2) is 0 Å². The summed E-state index contributed by atoms with van der Waals surface area (Å²) in [4.78, 5) is 0. The Labute approximate surface area is 91.9 Å². The van der Waals surface area contributed by atoms with E-state index in [2.05, 4.69) is 26.0 Å². The standard InChI is InChI=1S/C13H20O2/c1-4-10(2)12-6-5-7-13(8-12)15-9-11(3)14/h5-8,10-11,14H,4,9H2,1-3H3. The highest BCUT2D eigenvalue weighted by Crippen LogP contribution is 2.22. The van der Waals surface area contributed by atoms with Gasteiger partial charge in [-0.1, -0.05) is 26.0 Å². The van der Waals surface area contributed by atoms with E-state index in [1.165, 1.54) is 5.56 Å². The number of aliphatic hydroxyl groups is 1. The molecule has 1 aromatic carbocycles. The molecule has 0 aliphatic heterocycles. The van der Waals surface area contributed by atoms with Crippen LogP contribution < -0.4 is 4.74 Å². The van der Waals surface area contributed by atoms with Crippen LogP contribution in [0.3, 0.4) is 0 Å². The molecule has 1 aromatic rings. The molecule has 2 heteroatoms. The van der Waals surface area contributed by atoms with E-state index in [9.17, 15) is 0 Å². The normalized spacial score (nSPS) is 14.7. The Morgan fingerprint density at radius 1 is 1.33 bits per heavy atom. The summed E-state index contributed by atoms with van der Waals surface area (Å²) >= 11 is 0. The molecule has 15 heavy (non-hydrogen) atoms. The van der Waals surface area contributed by atoms with E-state index in [0.717, 1.165) is 12.2 Å². The van der Waals surface area contributed by atoms with Gasteiger partial charge in [0.15, 0.2) is 0 Å². The summed E-state index contributed by atoms with van der Waals surface area (Å²) in [6.07, 6.45) is 0.706. The monoisotopic (exact) mass is 208 g/mol. The summed E-state index contributed by atoms with van der Waals surface area (Å²) in [6.45, 7) is 6.45. The van der Waals surface area contributed by atoms with Crippen molar-refractivity contribution in [2.75, 3.05) is 6.61 Å². The molecule has 2 unspecified atom stereocenters. The largest absolute Gasteiger partial charge is 0.491 e. The molecule has 0 saturated carbocycles. The van der Waals surface area contributed by atoms with Crippen LogP contribution in [0.2, 0.25) is 0 Å². The van der Waals surface area contributed by atoms with E-state index >= 15 is 0 Å². The van der Waals surface area contributed by atoms with Crippen LogP contribution in [-0.4, -0.2) is 17.8 Å². The van der Waals surface area contributed by atoms with Crippen molar-refractivity contribution in [3.63, 3.8) is 0 Å². The van der Waals surface area contributed by atoms with Gasteiger partial charge >= 0.3 is 0 Å². The van der Waals surface area contributed by atoms with E-state index in [1.54, 1.807) is 6.92 Å². The number of ether oxygens (including phenoxy) is 1. The zero-order valence-corrected chi connectivity index (χ0v) is 9.73. The van der Waals surface area contributed by atoms with Gasteiger partial charge in [0.2, 0.25) is 0 Å². The fourth-order valence-electron chi connectivity index (χ4n) is 1.36. The minimum Gasteiger partial charge on any atom is -0.491 e. The minimum absolute atomic E-state index is 0.351. The van der Waals surface area contributed by atoms with E-state index < -0.39 is 6.10 Å². The quantitative estimate of drug-likeness (QED) is 0.806. The highest BCUT2D eigenvalue weighted by molar-refractivity contribution is 5.30. The molecule has 0 bridgehead atoms. The molecule has 0 spiro atoms. The van der Waals surface area contributed by atoms with Crippen molar-refractivity contribution in [3.05, 3.63) is 29.8 Å². The Hall–Kier alpha value is -1.02. The van der Waals surface area contributed by atoms with Crippen LogP contribution in [0.1, 0.15) is 38.7 Å². The second kappa shape index (κ2) is 5.76. The maximum absolute atomic E-state index is 9.11. The third-order valence-electron chi connectivity index (χ3n) is 2.53. The molecule has 0 aliphatic rings. The summed E-state index contributed by atoms with van der Waals surface area (Å²) in [5, 5.41) is 9.11. The molecule has 2 nitrogen and oxygen atoms in total. The predicted molar refractivity (Wildman–Crippen MR) is 62.3 cm³/mol. The van der Waals surface area contributed by atoms with Gasteiger partial charge in [-0.05, 0) is 37.0 Å². The van der Waals surface area contributed by atoms with Crippen LogP contribution in [0.15, 0.2) is 24.3 Å². The lowest BCUT2D eigenvalue weighted by Gasteiger charge is -2.12. The molecular formula is C13H20O2. The van der Waals surface area contributed by atoms with Crippen molar-refractivity contribution in [2.24, 2.45) is 0 Å². The molecule has 0 aliphatic carbocycles. The molecule has 0 aromatic heterocycles. The zero-order chi connectivity index (χ0) is 11.3. The SMILES string of the molecule is CCC(C)c1cccc(OCC(C)O)c1. The van der Waals surface area contributed by atoms with E-state index in [0.29, 0.717) is 12.5 Å². The van der Waals surface area contributed by atoms with Crippen LogP contribution >= 0.6 is 0 Å². The predicted octanol–water partition coefficient (Wildman–Crippen LogP) is 2.96. The lowest BCUT2D eigenvalue weighted by molar-refractivity contribution is 0.122. The molecule has 84 valence electrons. The van der Waals surface area contributed by atoms with Crippen LogP contribution in [0, 0.1) is 0 Å². The molecule has 2 atom stereocenters. The van der Waals surface area contributed by atoms with Crippen molar-refractivity contribution in [1.82, 2.24) is 0 Å². The molecule has 0 heterocycles. The first-order chi connectivity index (χ1) is 7.13. The van der Waals surface area contributed by atoms with E-state index in [1.807, 2.05) is 12.1 Å². The highest BCUT2D eigenvalue weighted by Gasteiger charge is 2.04. The Balaban J connectivity index is 2.65. The number of hydrogen-bond donors (Lipinski definition) is 1. The van der Waals surface area contributed by atoms with Crippen molar-refractivity contribution >= 4 is 0 Å². The first-order valence-corrected chi connectivity index (χ1v) is 5.54. The molecule has 1 rings (SSSR count). The number of aliphatic hydroxyl groups excluding tert-OH is 1. The molecule has 0 radical (unpaired) electrons. The van der Waals surface area contributed by atoms with Gasteiger partial charge in [0.1, 0.15) is 12.4 Å². The highest BCUT2D eigenvalue weighted by atomic mass is 16.5. The van der Waals surface area contributed by atoms with Crippen molar-refractivity contribution in [3.8, 4) is 5.75 Å². The Bertz CT molecular complexity index is 294. The third kappa shape index (κ3) is 3.92. The Kier molecular flexibility index (Phi) is 4.63. The summed E-state index contributed by atoms with van der Waals surface area (Å²) in [6, 6.07) is 8.09. The molecule has 1 N–H and O–H groups in total. The average Bonchev–Trinajstić information content (AvgIpc) is 2.25. The first kappa shape index (κ1) is 12.1. The molecule has 0 saturated heterocycles. The third-order valence-corrected chi connectivity index (χ3v) is 2.53. The summed E-state index contributed by atoms with van der Waals surface area (Å²) in [7, 11) is 0. The van der Waals surface area contributed by atoms with Gasteiger partial charge in [0, 0.05) is 0 Å². The average molecular weight is 208 g/mol. The maximum Gasteiger partial charge on any atom is 0.119 e. The van der Waals surface area contributed by atoms with Gasteiger partial charge < -0.3 is 9.84 Å². The Morgan fingerprint density at radius 2 is 2.07 bits per heavy atom. The second-order valence-electron chi connectivity index (χ2n) is 4.04. The van der Waals surface area contributed by atoms with Crippen LogP contribution in [0.4, 0.5) is 0 Å². The first-order valence-electron chi connectivity index (χ1n) is 5.54. The van der Waals surface area contributed by atoms with E-state index in [4.69, 9.17) is 9.84 Å². The van der Waals surface area contributed by atoms with Gasteiger partial charge in [-0.15, -0.1) is 0 Å². The Morgan fingerprint density at radius 3 is 2.67 bits per heavy atom. The van der Waals surface area contributed by atoms with Gasteiger partial charge in [0.25, 0.3) is 0 Å². The smallest absolute Gasteiger partial charge is 0.119 e. The topological polar surface area (TPSA) is 29.5 Å². The van der Waals surface area contributed by atoms with Crippen molar-refractivity contribution in [1.29, 1.82) is 0 Å². The lowest BCUT2D eigenvalue weighted by Crippen LogP contribution is -2.12. The summed E-state index contributed by atoms with van der Waals surface area (Å²) in [5.41, 5.74) is 1.29. The molecule has 0 fully saturated rings. The van der Waals surface area contributed by atoms with E-state index in [-0.39, 0.29) is 0 Å². The zero-order valence-electron chi connectivity index (χ0n) is 9.73. The fraction of sp³-hybridized carbons (Fsp3) is 0.538. The molecule has 0 amide bonds.